The van der Waals surface area contributed by atoms with Crippen LogP contribution in [0.4, 0.5) is 0 Å². The Morgan fingerprint density at radius 1 is 1.52 bits per heavy atom. The van der Waals surface area contributed by atoms with E-state index in [1.165, 1.54) is 11.3 Å². The van der Waals surface area contributed by atoms with Crippen molar-refractivity contribution in [1.82, 2.24) is 25.1 Å². The number of aromatic nitrogens is 3. The van der Waals surface area contributed by atoms with Crippen LogP contribution in [-0.2, 0) is 16.1 Å². The molecule has 1 unspecified atom stereocenters. The summed E-state index contributed by atoms with van der Waals surface area (Å²) in [5, 5.41) is 9.07. The quantitative estimate of drug-likeness (QED) is 0.820. The number of hydrogen-bond acceptors (Lipinski definition) is 7. The summed E-state index contributed by atoms with van der Waals surface area (Å²) < 4.78 is 8.47. The van der Waals surface area contributed by atoms with E-state index in [0.29, 0.717) is 30.1 Å². The molecule has 0 aliphatic carbocycles. The van der Waals surface area contributed by atoms with Crippen LogP contribution in [0.5, 0.6) is 0 Å². The van der Waals surface area contributed by atoms with Gasteiger partial charge in [0.1, 0.15) is 10.6 Å². The van der Waals surface area contributed by atoms with Gasteiger partial charge < -0.3 is 9.64 Å². The molecular weight excluding hydrogens is 340 g/mol. The topological polar surface area (TPSA) is 84.6 Å². The second-order valence-corrected chi connectivity index (χ2v) is 6.74. The number of hydrogen-bond donors (Lipinski definition) is 1. The molecule has 25 heavy (non-hydrogen) atoms. The third kappa shape index (κ3) is 3.14. The number of carbonyl (C=O) groups is 1. The van der Waals surface area contributed by atoms with Crippen LogP contribution in [0, 0.1) is 0 Å². The fourth-order valence-electron chi connectivity index (χ4n) is 3.06. The molecule has 2 aliphatic heterocycles. The number of nitrogens with one attached hydrogen (secondary N) is 1. The van der Waals surface area contributed by atoms with Crippen LogP contribution >= 0.6 is 11.3 Å². The van der Waals surface area contributed by atoms with Gasteiger partial charge in [0.05, 0.1) is 10.9 Å². The van der Waals surface area contributed by atoms with E-state index in [2.05, 4.69) is 27.2 Å². The summed E-state index contributed by atoms with van der Waals surface area (Å²) in [6.07, 6.45) is 5.77. The SMILES string of the molecule is C=c1ncsc1=C1NN=C(C2CCCN2C(=O)CCn2cccn2)O1. The summed E-state index contributed by atoms with van der Waals surface area (Å²) in [6, 6.07) is 1.72. The lowest BCUT2D eigenvalue weighted by Crippen LogP contribution is -2.41. The van der Waals surface area contributed by atoms with Crippen molar-refractivity contribution < 1.29 is 9.53 Å². The van der Waals surface area contributed by atoms with Gasteiger partial charge in [-0.2, -0.15) is 5.10 Å². The van der Waals surface area contributed by atoms with Gasteiger partial charge in [-0.1, -0.05) is 6.58 Å². The molecule has 1 N–H and O–H groups in total. The molecule has 0 radical (unpaired) electrons. The predicted molar refractivity (Wildman–Crippen MR) is 93.5 cm³/mol. The van der Waals surface area contributed by atoms with Gasteiger partial charge in [0, 0.05) is 31.9 Å². The molecule has 0 bridgehead atoms. The Morgan fingerprint density at radius 2 is 2.44 bits per heavy atom. The smallest absolute Gasteiger partial charge is 0.236 e. The maximum Gasteiger partial charge on any atom is 0.236 e. The van der Waals surface area contributed by atoms with Gasteiger partial charge in [-0.3, -0.25) is 9.48 Å². The maximum absolute atomic E-state index is 12.6. The van der Waals surface area contributed by atoms with Crippen LogP contribution in [0.15, 0.2) is 29.1 Å². The number of rotatable bonds is 4. The van der Waals surface area contributed by atoms with Gasteiger partial charge in [0.25, 0.3) is 0 Å². The number of amides is 1. The number of ether oxygens (including phenoxy) is 1. The average molecular weight is 358 g/mol. The number of nitrogens with zero attached hydrogens (tertiary/aromatic N) is 5. The number of hydrazone groups is 1. The molecule has 1 atom stereocenters. The lowest BCUT2D eigenvalue weighted by Gasteiger charge is -2.23. The maximum atomic E-state index is 12.6. The Morgan fingerprint density at radius 3 is 3.20 bits per heavy atom. The van der Waals surface area contributed by atoms with E-state index in [1.54, 1.807) is 16.4 Å². The molecule has 0 spiro atoms. The van der Waals surface area contributed by atoms with Crippen molar-refractivity contribution in [3.63, 3.8) is 0 Å². The summed E-state index contributed by atoms with van der Waals surface area (Å²) in [7, 11) is 0. The molecule has 1 fully saturated rings. The summed E-state index contributed by atoms with van der Waals surface area (Å²) in [5.41, 5.74) is 4.62. The molecule has 0 saturated carbocycles. The number of carbonyl (C=O) groups excluding carboxylic acids is 1. The molecule has 9 heteroatoms. The Bertz CT molecular complexity index is 903. The number of thiazole rings is 1. The lowest BCUT2D eigenvalue weighted by atomic mass is 10.2. The molecule has 2 aliphatic rings. The van der Waals surface area contributed by atoms with E-state index in [1.807, 2.05) is 17.2 Å². The summed E-state index contributed by atoms with van der Waals surface area (Å²) >= 11 is 1.44. The van der Waals surface area contributed by atoms with Crippen LogP contribution in [0.25, 0.3) is 12.5 Å². The second kappa shape index (κ2) is 6.67. The third-order valence-corrected chi connectivity index (χ3v) is 5.16. The first-order chi connectivity index (χ1) is 12.2. The van der Waals surface area contributed by atoms with E-state index in [9.17, 15) is 4.79 Å². The van der Waals surface area contributed by atoms with Crippen LogP contribution in [-0.4, -0.2) is 44.1 Å². The van der Waals surface area contributed by atoms with Crippen molar-refractivity contribution >= 4 is 35.6 Å². The normalized spacial score (nSPS) is 21.8. The zero-order valence-electron chi connectivity index (χ0n) is 13.6. The minimum absolute atomic E-state index is 0.0911. The van der Waals surface area contributed by atoms with Crippen LogP contribution in [0.1, 0.15) is 19.3 Å². The molecule has 130 valence electrons. The van der Waals surface area contributed by atoms with Gasteiger partial charge in [-0.05, 0) is 18.9 Å². The highest BCUT2D eigenvalue weighted by Gasteiger charge is 2.36. The molecule has 4 heterocycles. The minimum Gasteiger partial charge on any atom is -0.420 e. The first-order valence-electron chi connectivity index (χ1n) is 8.13. The van der Waals surface area contributed by atoms with Crippen LogP contribution < -0.4 is 15.3 Å². The lowest BCUT2D eigenvalue weighted by molar-refractivity contribution is -0.131. The number of likely N-dealkylation sites (tertiary alicyclic amines) is 1. The van der Waals surface area contributed by atoms with E-state index in [4.69, 9.17) is 4.74 Å². The average Bonchev–Trinajstić information content (AvgIpc) is 3.37. The minimum atomic E-state index is -0.128. The van der Waals surface area contributed by atoms with Gasteiger partial charge in [0.15, 0.2) is 0 Å². The second-order valence-electron chi connectivity index (χ2n) is 5.89. The highest BCUT2D eigenvalue weighted by molar-refractivity contribution is 7.07. The van der Waals surface area contributed by atoms with Crippen molar-refractivity contribution in [3.8, 4) is 0 Å². The number of aryl methyl sites for hydroxylation is 1. The molecule has 2 aromatic rings. The van der Waals surface area contributed by atoms with Crippen molar-refractivity contribution in [3.05, 3.63) is 33.9 Å². The van der Waals surface area contributed by atoms with E-state index < -0.39 is 0 Å². The van der Waals surface area contributed by atoms with Gasteiger partial charge in [0.2, 0.25) is 17.7 Å². The van der Waals surface area contributed by atoms with E-state index >= 15 is 0 Å². The molecule has 4 rings (SSSR count). The first kappa shape index (κ1) is 15.8. The fourth-order valence-corrected chi connectivity index (χ4v) is 3.73. The van der Waals surface area contributed by atoms with Gasteiger partial charge in [-0.25, -0.2) is 10.4 Å². The summed E-state index contributed by atoms with van der Waals surface area (Å²) in [6.45, 7) is 5.17. The van der Waals surface area contributed by atoms with Crippen molar-refractivity contribution in [2.75, 3.05) is 6.54 Å². The van der Waals surface area contributed by atoms with Crippen LogP contribution in [0.2, 0.25) is 0 Å². The Kier molecular flexibility index (Phi) is 4.22. The zero-order valence-corrected chi connectivity index (χ0v) is 14.4. The van der Waals surface area contributed by atoms with E-state index in [-0.39, 0.29) is 11.9 Å². The molecule has 0 aromatic carbocycles. The summed E-state index contributed by atoms with van der Waals surface area (Å²) in [5.74, 6) is 1.17. The van der Waals surface area contributed by atoms with Crippen molar-refractivity contribution in [1.29, 1.82) is 0 Å². The van der Waals surface area contributed by atoms with E-state index in [0.717, 1.165) is 23.9 Å². The molecule has 1 amide bonds. The summed E-state index contributed by atoms with van der Waals surface area (Å²) in [4.78, 5) is 18.6. The molecule has 2 aromatic heterocycles. The Labute approximate surface area is 148 Å². The molecule has 8 nitrogen and oxygen atoms in total. The highest BCUT2D eigenvalue weighted by Crippen LogP contribution is 2.23. The molecule has 1 saturated heterocycles. The third-order valence-electron chi connectivity index (χ3n) is 4.29. The standard InChI is InChI=1S/C16H18N6O2S/c1-11-14(25-10-17-11)16-20-19-15(24-16)12-4-2-8-22(12)13(23)5-9-21-7-3-6-18-21/h3,6-7,10,12,20H,1-2,4-5,8-9H2. The fraction of sp³-hybridized carbons (Fsp3) is 0.375. The van der Waals surface area contributed by atoms with Gasteiger partial charge in [-0.15, -0.1) is 16.4 Å². The Balaban J connectivity index is 1.44. The van der Waals surface area contributed by atoms with Crippen molar-refractivity contribution in [2.45, 2.75) is 31.8 Å². The monoisotopic (exact) mass is 358 g/mol. The highest BCUT2D eigenvalue weighted by atomic mass is 32.1. The predicted octanol–water partition coefficient (Wildman–Crippen LogP) is -0.170. The van der Waals surface area contributed by atoms with Crippen LogP contribution in [0.3, 0.4) is 0 Å². The van der Waals surface area contributed by atoms with Crippen molar-refractivity contribution in [2.24, 2.45) is 5.10 Å². The molecular formula is C16H18N6O2S. The Hall–Kier alpha value is -2.68. The largest absolute Gasteiger partial charge is 0.420 e. The first-order valence-corrected chi connectivity index (χ1v) is 9.01. The zero-order chi connectivity index (χ0) is 17.2. The van der Waals surface area contributed by atoms with Gasteiger partial charge >= 0.3 is 0 Å².